The minimum atomic E-state index is -0.0434. The van der Waals surface area contributed by atoms with Crippen LogP contribution in [0.15, 0.2) is 18.2 Å². The van der Waals surface area contributed by atoms with Crippen LogP contribution in [-0.2, 0) is 4.79 Å². The van der Waals surface area contributed by atoms with Gasteiger partial charge in [-0.25, -0.2) is 0 Å². The van der Waals surface area contributed by atoms with E-state index in [0.717, 1.165) is 61.9 Å². The number of amides is 1. The summed E-state index contributed by atoms with van der Waals surface area (Å²) in [7, 11) is 0. The van der Waals surface area contributed by atoms with E-state index in [1.54, 1.807) is 0 Å². The predicted octanol–water partition coefficient (Wildman–Crippen LogP) is 4.32. The molecular formula is C23H36N2O3. The van der Waals surface area contributed by atoms with Gasteiger partial charge in [-0.15, -0.1) is 0 Å². The molecule has 0 bridgehead atoms. The Bertz CT molecular complexity index is 637. The quantitative estimate of drug-likeness (QED) is 0.649. The Labute approximate surface area is 169 Å². The molecular weight excluding hydrogens is 352 g/mol. The summed E-state index contributed by atoms with van der Waals surface area (Å²) in [6.45, 7) is 9.69. The van der Waals surface area contributed by atoms with E-state index < -0.39 is 0 Å². The molecule has 2 fully saturated rings. The molecule has 0 aromatic heterocycles. The van der Waals surface area contributed by atoms with Crippen molar-refractivity contribution in [2.24, 2.45) is 5.92 Å². The third kappa shape index (κ3) is 5.63. The molecule has 1 atom stereocenters. The standard InChI is InChI=1S/C23H36N2O3/c1-4-14-27-21-9-6-19(16-22(21)28-15-5-2)17(3)24-23(26)18-10-12-25(13-11-18)20-7-8-20/h6,9,16-18,20H,4-5,7-8,10-15H2,1-3H3,(H,24,26)/t17-/m1/s1. The lowest BCUT2D eigenvalue weighted by molar-refractivity contribution is -0.127. The summed E-state index contributed by atoms with van der Waals surface area (Å²) in [6.07, 6.45) is 6.54. The fourth-order valence-electron chi connectivity index (χ4n) is 3.83. The Balaban J connectivity index is 1.57. The van der Waals surface area contributed by atoms with Gasteiger partial charge in [0.2, 0.25) is 5.91 Å². The van der Waals surface area contributed by atoms with Crippen LogP contribution < -0.4 is 14.8 Å². The molecule has 156 valence electrons. The lowest BCUT2D eigenvalue weighted by Crippen LogP contribution is -2.41. The number of rotatable bonds is 10. The summed E-state index contributed by atoms with van der Waals surface area (Å²) in [5.41, 5.74) is 1.05. The van der Waals surface area contributed by atoms with Crippen molar-refractivity contribution < 1.29 is 14.3 Å². The van der Waals surface area contributed by atoms with E-state index >= 15 is 0 Å². The third-order valence-electron chi connectivity index (χ3n) is 5.71. The summed E-state index contributed by atoms with van der Waals surface area (Å²) in [6, 6.07) is 6.77. The number of ether oxygens (including phenoxy) is 2. The van der Waals surface area contributed by atoms with Crippen molar-refractivity contribution in [2.75, 3.05) is 26.3 Å². The fourth-order valence-corrected chi connectivity index (χ4v) is 3.83. The van der Waals surface area contributed by atoms with Gasteiger partial charge in [0.05, 0.1) is 19.3 Å². The van der Waals surface area contributed by atoms with Gasteiger partial charge in [-0.05, 0) is 76.2 Å². The molecule has 1 aromatic carbocycles. The van der Waals surface area contributed by atoms with Gasteiger partial charge in [-0.3, -0.25) is 4.79 Å². The first-order valence-electron chi connectivity index (χ1n) is 11.1. The zero-order chi connectivity index (χ0) is 19.9. The highest BCUT2D eigenvalue weighted by atomic mass is 16.5. The van der Waals surface area contributed by atoms with Gasteiger partial charge in [0, 0.05) is 12.0 Å². The number of hydrogen-bond acceptors (Lipinski definition) is 4. The molecule has 0 radical (unpaired) electrons. The molecule has 1 aromatic rings. The number of hydrogen-bond donors (Lipinski definition) is 1. The lowest BCUT2D eigenvalue weighted by atomic mass is 9.95. The van der Waals surface area contributed by atoms with Crippen molar-refractivity contribution in [2.45, 2.75) is 71.4 Å². The number of piperidine rings is 1. The molecule has 1 amide bonds. The van der Waals surface area contributed by atoms with Gasteiger partial charge < -0.3 is 19.7 Å². The van der Waals surface area contributed by atoms with Gasteiger partial charge >= 0.3 is 0 Å². The molecule has 1 saturated carbocycles. The second-order valence-corrected chi connectivity index (χ2v) is 8.17. The van der Waals surface area contributed by atoms with Crippen LogP contribution in [0, 0.1) is 5.92 Å². The summed E-state index contributed by atoms with van der Waals surface area (Å²) in [4.78, 5) is 15.3. The van der Waals surface area contributed by atoms with Crippen molar-refractivity contribution in [1.29, 1.82) is 0 Å². The normalized spacial score (nSPS) is 19.2. The highest BCUT2D eigenvalue weighted by Gasteiger charge is 2.33. The molecule has 1 aliphatic heterocycles. The molecule has 1 N–H and O–H groups in total. The highest BCUT2D eigenvalue weighted by molar-refractivity contribution is 5.79. The number of nitrogens with one attached hydrogen (secondary N) is 1. The van der Waals surface area contributed by atoms with Gasteiger partial charge in [0.1, 0.15) is 0 Å². The monoisotopic (exact) mass is 388 g/mol. The van der Waals surface area contributed by atoms with Gasteiger partial charge in [0.15, 0.2) is 11.5 Å². The Hall–Kier alpha value is -1.75. The highest BCUT2D eigenvalue weighted by Crippen LogP contribution is 2.33. The predicted molar refractivity (Wildman–Crippen MR) is 112 cm³/mol. The Morgan fingerprint density at radius 3 is 2.32 bits per heavy atom. The minimum absolute atomic E-state index is 0.0434. The second kappa shape index (κ2) is 10.1. The summed E-state index contributed by atoms with van der Waals surface area (Å²) < 4.78 is 11.7. The lowest BCUT2D eigenvalue weighted by Gasteiger charge is -2.32. The molecule has 0 unspecified atom stereocenters. The number of carbonyl (C=O) groups excluding carboxylic acids is 1. The zero-order valence-corrected chi connectivity index (χ0v) is 17.7. The molecule has 0 spiro atoms. The van der Waals surface area contributed by atoms with E-state index in [2.05, 4.69) is 24.1 Å². The van der Waals surface area contributed by atoms with Crippen LogP contribution in [-0.4, -0.2) is 43.2 Å². The third-order valence-corrected chi connectivity index (χ3v) is 5.71. The number of benzene rings is 1. The molecule has 1 saturated heterocycles. The van der Waals surface area contributed by atoms with Crippen LogP contribution in [0.2, 0.25) is 0 Å². The first kappa shape index (κ1) is 21.0. The molecule has 1 aliphatic carbocycles. The molecule has 2 aliphatic rings. The van der Waals surface area contributed by atoms with Crippen molar-refractivity contribution in [3.63, 3.8) is 0 Å². The van der Waals surface area contributed by atoms with Gasteiger partial charge in [0.25, 0.3) is 0 Å². The SMILES string of the molecule is CCCOc1ccc([C@@H](C)NC(=O)C2CCN(C3CC3)CC2)cc1OCCC. The number of carbonyl (C=O) groups is 1. The van der Waals surface area contributed by atoms with E-state index in [9.17, 15) is 4.79 Å². The Morgan fingerprint density at radius 1 is 1.07 bits per heavy atom. The van der Waals surface area contributed by atoms with Gasteiger partial charge in [-0.2, -0.15) is 0 Å². The van der Waals surface area contributed by atoms with Crippen LogP contribution in [0.25, 0.3) is 0 Å². The number of nitrogens with zero attached hydrogens (tertiary/aromatic N) is 1. The fraction of sp³-hybridized carbons (Fsp3) is 0.696. The van der Waals surface area contributed by atoms with Crippen LogP contribution in [0.1, 0.15) is 70.9 Å². The van der Waals surface area contributed by atoms with Crippen LogP contribution >= 0.6 is 0 Å². The van der Waals surface area contributed by atoms with E-state index in [1.165, 1.54) is 12.8 Å². The Kier molecular flexibility index (Phi) is 7.60. The molecule has 3 rings (SSSR count). The van der Waals surface area contributed by atoms with Crippen LogP contribution in [0.5, 0.6) is 11.5 Å². The average Bonchev–Trinajstić information content (AvgIpc) is 3.56. The second-order valence-electron chi connectivity index (χ2n) is 8.17. The summed E-state index contributed by atoms with van der Waals surface area (Å²) >= 11 is 0. The van der Waals surface area contributed by atoms with Crippen molar-refractivity contribution in [3.8, 4) is 11.5 Å². The minimum Gasteiger partial charge on any atom is -0.490 e. The van der Waals surface area contributed by atoms with E-state index in [4.69, 9.17) is 9.47 Å². The molecule has 28 heavy (non-hydrogen) atoms. The zero-order valence-electron chi connectivity index (χ0n) is 17.7. The molecule has 5 nitrogen and oxygen atoms in total. The van der Waals surface area contributed by atoms with Crippen LogP contribution in [0.3, 0.4) is 0 Å². The van der Waals surface area contributed by atoms with Crippen LogP contribution in [0.4, 0.5) is 0 Å². The number of likely N-dealkylation sites (tertiary alicyclic amines) is 1. The van der Waals surface area contributed by atoms with E-state index in [1.807, 2.05) is 25.1 Å². The Morgan fingerprint density at radius 2 is 1.71 bits per heavy atom. The first-order valence-corrected chi connectivity index (χ1v) is 11.1. The smallest absolute Gasteiger partial charge is 0.223 e. The van der Waals surface area contributed by atoms with Gasteiger partial charge in [-0.1, -0.05) is 19.9 Å². The maximum absolute atomic E-state index is 12.8. The van der Waals surface area contributed by atoms with Crippen molar-refractivity contribution in [1.82, 2.24) is 10.2 Å². The summed E-state index contributed by atoms with van der Waals surface area (Å²) in [5.74, 6) is 1.88. The maximum atomic E-state index is 12.8. The van der Waals surface area contributed by atoms with Crippen molar-refractivity contribution in [3.05, 3.63) is 23.8 Å². The topological polar surface area (TPSA) is 50.8 Å². The molecule has 5 heteroatoms. The average molecular weight is 389 g/mol. The van der Waals surface area contributed by atoms with E-state index in [0.29, 0.717) is 13.2 Å². The molecule has 1 heterocycles. The largest absolute Gasteiger partial charge is 0.490 e. The van der Waals surface area contributed by atoms with E-state index in [-0.39, 0.29) is 17.9 Å². The summed E-state index contributed by atoms with van der Waals surface area (Å²) in [5, 5.41) is 3.22. The maximum Gasteiger partial charge on any atom is 0.223 e. The first-order chi connectivity index (χ1) is 13.6. The van der Waals surface area contributed by atoms with Crippen molar-refractivity contribution >= 4 is 5.91 Å².